The Balaban J connectivity index is 1.95. The number of pyridine rings is 1. The zero-order chi connectivity index (χ0) is 11.4. The van der Waals surface area contributed by atoms with Gasteiger partial charge in [0.2, 0.25) is 0 Å². The molecule has 0 aliphatic carbocycles. The lowest BCUT2D eigenvalue weighted by atomic mass is 10.2. The molecule has 5 heteroatoms. The molecule has 1 aliphatic heterocycles. The Hall–Kier alpha value is -1.78. The Morgan fingerprint density at radius 1 is 1.75 bits per heavy atom. The largest absolute Gasteiger partial charge is 0.488 e. The Bertz CT molecular complexity index is 381. The molecule has 16 heavy (non-hydrogen) atoms. The van der Waals surface area contributed by atoms with Gasteiger partial charge >= 0.3 is 5.97 Å². The van der Waals surface area contributed by atoms with Crippen LogP contribution in [0.2, 0.25) is 0 Å². The summed E-state index contributed by atoms with van der Waals surface area (Å²) in [4.78, 5) is 15.4. The molecule has 2 heterocycles. The number of hydrogen-bond acceptors (Lipinski definition) is 5. The maximum atomic E-state index is 11.3. The number of esters is 1. The normalized spacial score (nSPS) is 17.9. The van der Waals surface area contributed by atoms with Crippen molar-refractivity contribution in [1.29, 1.82) is 0 Å². The summed E-state index contributed by atoms with van der Waals surface area (Å²) in [6.07, 6.45) is 1.98. The summed E-state index contributed by atoms with van der Waals surface area (Å²) >= 11 is 0. The van der Waals surface area contributed by atoms with Gasteiger partial charge in [0.25, 0.3) is 0 Å². The van der Waals surface area contributed by atoms with Crippen molar-refractivity contribution in [3.63, 3.8) is 0 Å². The highest BCUT2D eigenvalue weighted by Gasteiger charge is 2.22. The maximum absolute atomic E-state index is 11.3. The first-order valence-corrected chi connectivity index (χ1v) is 5.29. The van der Waals surface area contributed by atoms with Crippen molar-refractivity contribution in [1.82, 2.24) is 4.98 Å². The molecular weight excluding hydrogens is 208 g/mol. The second kappa shape index (κ2) is 4.83. The van der Waals surface area contributed by atoms with Gasteiger partial charge in [0.1, 0.15) is 6.61 Å². The monoisotopic (exact) mass is 222 g/mol. The number of hydrogen-bond donors (Lipinski definition) is 1. The number of fused-ring (bicyclic) bond motifs is 1. The fourth-order valence-electron chi connectivity index (χ4n) is 1.57. The number of aromatic nitrogens is 1. The summed E-state index contributed by atoms with van der Waals surface area (Å²) in [7, 11) is 0. The van der Waals surface area contributed by atoms with Gasteiger partial charge in [-0.15, -0.1) is 0 Å². The zero-order valence-electron chi connectivity index (χ0n) is 9.10. The van der Waals surface area contributed by atoms with Crippen LogP contribution in [0.4, 0.5) is 5.82 Å². The van der Waals surface area contributed by atoms with Gasteiger partial charge in [0.15, 0.2) is 11.6 Å². The average Bonchev–Trinajstić information content (AvgIpc) is 2.29. The highest BCUT2D eigenvalue weighted by molar-refractivity contribution is 5.71. The van der Waals surface area contributed by atoms with Crippen LogP contribution < -0.4 is 10.1 Å². The zero-order valence-corrected chi connectivity index (χ0v) is 9.10. The molecule has 0 amide bonds. The Labute approximate surface area is 93.8 Å². The van der Waals surface area contributed by atoms with Crippen molar-refractivity contribution in [2.75, 3.05) is 18.5 Å². The molecule has 0 bridgehead atoms. The van der Waals surface area contributed by atoms with E-state index in [1.54, 1.807) is 13.1 Å². The Kier molecular flexibility index (Phi) is 3.24. The Morgan fingerprint density at radius 2 is 2.62 bits per heavy atom. The lowest BCUT2D eigenvalue weighted by molar-refractivity contribution is -0.143. The molecule has 1 aromatic rings. The van der Waals surface area contributed by atoms with E-state index in [9.17, 15) is 4.79 Å². The van der Waals surface area contributed by atoms with Crippen molar-refractivity contribution in [3.8, 4) is 5.75 Å². The Morgan fingerprint density at radius 3 is 3.44 bits per heavy atom. The van der Waals surface area contributed by atoms with Crippen LogP contribution in [-0.4, -0.2) is 30.2 Å². The number of nitrogens with one attached hydrogen (secondary N) is 1. The van der Waals surface area contributed by atoms with Crippen LogP contribution in [0, 0.1) is 0 Å². The third-order valence-electron chi connectivity index (χ3n) is 2.27. The second-order valence-electron chi connectivity index (χ2n) is 3.51. The SMILES string of the molecule is CCOC(=O)CC1COc2cccnc2N1. The summed E-state index contributed by atoms with van der Waals surface area (Å²) in [5.41, 5.74) is 0. The van der Waals surface area contributed by atoms with Gasteiger partial charge in [-0.2, -0.15) is 0 Å². The van der Waals surface area contributed by atoms with E-state index in [1.165, 1.54) is 0 Å². The van der Waals surface area contributed by atoms with Gasteiger partial charge < -0.3 is 14.8 Å². The first-order valence-electron chi connectivity index (χ1n) is 5.29. The van der Waals surface area contributed by atoms with Gasteiger partial charge in [0.05, 0.1) is 19.1 Å². The van der Waals surface area contributed by atoms with Crippen LogP contribution in [0.5, 0.6) is 5.75 Å². The lowest BCUT2D eigenvalue weighted by Gasteiger charge is -2.25. The quantitative estimate of drug-likeness (QED) is 0.779. The van der Waals surface area contributed by atoms with Crippen molar-refractivity contribution in [2.45, 2.75) is 19.4 Å². The average molecular weight is 222 g/mol. The van der Waals surface area contributed by atoms with E-state index in [-0.39, 0.29) is 12.0 Å². The fourth-order valence-corrected chi connectivity index (χ4v) is 1.57. The standard InChI is InChI=1S/C11H14N2O3/c1-2-15-10(14)6-8-7-16-9-4-3-5-12-11(9)13-8/h3-5,8H,2,6-7H2,1H3,(H,12,13). The van der Waals surface area contributed by atoms with Gasteiger partial charge in [-0.05, 0) is 19.1 Å². The van der Waals surface area contributed by atoms with E-state index in [1.807, 2.05) is 12.1 Å². The third kappa shape index (κ3) is 2.42. The van der Waals surface area contributed by atoms with Gasteiger partial charge in [-0.1, -0.05) is 0 Å². The summed E-state index contributed by atoms with van der Waals surface area (Å²) in [6.45, 7) is 2.65. The van der Waals surface area contributed by atoms with E-state index in [2.05, 4.69) is 10.3 Å². The smallest absolute Gasteiger partial charge is 0.307 e. The molecule has 1 atom stereocenters. The van der Waals surface area contributed by atoms with E-state index in [0.717, 1.165) is 5.75 Å². The summed E-state index contributed by atoms with van der Waals surface area (Å²) in [6, 6.07) is 3.59. The van der Waals surface area contributed by atoms with E-state index in [0.29, 0.717) is 25.5 Å². The number of rotatable bonds is 3. The van der Waals surface area contributed by atoms with Gasteiger partial charge in [-0.25, -0.2) is 4.98 Å². The number of ether oxygens (including phenoxy) is 2. The van der Waals surface area contributed by atoms with Crippen LogP contribution in [-0.2, 0) is 9.53 Å². The molecule has 0 radical (unpaired) electrons. The van der Waals surface area contributed by atoms with Gasteiger partial charge in [0, 0.05) is 6.20 Å². The van der Waals surface area contributed by atoms with Crippen LogP contribution in [0.3, 0.4) is 0 Å². The van der Waals surface area contributed by atoms with E-state index in [4.69, 9.17) is 9.47 Å². The second-order valence-corrected chi connectivity index (χ2v) is 3.51. The first-order chi connectivity index (χ1) is 7.79. The minimum atomic E-state index is -0.219. The molecule has 1 aliphatic rings. The molecule has 1 unspecified atom stereocenters. The van der Waals surface area contributed by atoms with Crippen molar-refractivity contribution in [2.24, 2.45) is 0 Å². The minimum absolute atomic E-state index is 0.0681. The van der Waals surface area contributed by atoms with E-state index >= 15 is 0 Å². The molecule has 1 N–H and O–H groups in total. The van der Waals surface area contributed by atoms with Crippen LogP contribution >= 0.6 is 0 Å². The van der Waals surface area contributed by atoms with Crippen LogP contribution in [0.15, 0.2) is 18.3 Å². The molecule has 0 aromatic carbocycles. The maximum Gasteiger partial charge on any atom is 0.307 e. The topological polar surface area (TPSA) is 60.5 Å². The molecule has 5 nitrogen and oxygen atoms in total. The van der Waals surface area contributed by atoms with Crippen molar-refractivity contribution < 1.29 is 14.3 Å². The molecule has 0 fully saturated rings. The molecular formula is C11H14N2O3. The number of carbonyl (C=O) groups is 1. The summed E-state index contributed by atoms with van der Waals surface area (Å²) in [5, 5.41) is 3.15. The molecule has 0 saturated heterocycles. The highest BCUT2D eigenvalue weighted by Crippen LogP contribution is 2.26. The van der Waals surface area contributed by atoms with Gasteiger partial charge in [-0.3, -0.25) is 4.79 Å². The van der Waals surface area contributed by atoms with Crippen LogP contribution in [0.25, 0.3) is 0 Å². The molecule has 0 spiro atoms. The summed E-state index contributed by atoms with van der Waals surface area (Å²) in [5.74, 6) is 1.19. The number of anilines is 1. The predicted octanol–water partition coefficient (Wildman–Crippen LogP) is 1.21. The molecule has 2 rings (SSSR count). The van der Waals surface area contributed by atoms with Crippen molar-refractivity contribution >= 4 is 11.8 Å². The van der Waals surface area contributed by atoms with E-state index < -0.39 is 0 Å². The molecule has 1 aromatic heterocycles. The summed E-state index contributed by atoms with van der Waals surface area (Å²) < 4.78 is 10.4. The number of carbonyl (C=O) groups excluding carboxylic acids is 1. The number of nitrogens with zero attached hydrogens (tertiary/aromatic N) is 1. The highest BCUT2D eigenvalue weighted by atomic mass is 16.5. The lowest BCUT2D eigenvalue weighted by Crippen LogP contribution is -2.34. The molecule has 86 valence electrons. The fraction of sp³-hybridized carbons (Fsp3) is 0.455. The third-order valence-corrected chi connectivity index (χ3v) is 2.27. The van der Waals surface area contributed by atoms with Crippen molar-refractivity contribution in [3.05, 3.63) is 18.3 Å². The van der Waals surface area contributed by atoms with Crippen LogP contribution in [0.1, 0.15) is 13.3 Å². The minimum Gasteiger partial charge on any atom is -0.488 e. The predicted molar refractivity (Wildman–Crippen MR) is 58.4 cm³/mol. The molecule has 0 saturated carbocycles. The first kappa shape index (κ1) is 10.7.